The van der Waals surface area contributed by atoms with Gasteiger partial charge in [0.05, 0.1) is 22.5 Å². The number of aromatic nitrogens is 1. The average molecular weight is 314 g/mol. The first-order valence-electron chi connectivity index (χ1n) is 6.34. The molecule has 5 heteroatoms. The number of hydrogen-bond acceptors (Lipinski definition) is 4. The van der Waals surface area contributed by atoms with E-state index < -0.39 is 0 Å². The molecule has 0 aromatic carbocycles. The molecule has 1 atom stereocenters. The SMILES string of the molecule is Cc1c(N)cnc(N2CCC(C(C)O)CC2)c1Br. The van der Waals surface area contributed by atoms with Crippen LogP contribution in [0.5, 0.6) is 0 Å². The van der Waals surface area contributed by atoms with Crippen molar-refractivity contribution in [1.82, 2.24) is 4.98 Å². The minimum absolute atomic E-state index is 0.211. The molecule has 1 aromatic rings. The van der Waals surface area contributed by atoms with Crippen molar-refractivity contribution < 1.29 is 5.11 Å². The van der Waals surface area contributed by atoms with Gasteiger partial charge in [0.1, 0.15) is 5.82 Å². The van der Waals surface area contributed by atoms with E-state index in [0.29, 0.717) is 11.6 Å². The summed E-state index contributed by atoms with van der Waals surface area (Å²) in [6.07, 6.45) is 3.53. The summed E-state index contributed by atoms with van der Waals surface area (Å²) in [6.45, 7) is 5.74. The number of piperidine rings is 1. The van der Waals surface area contributed by atoms with Crippen LogP contribution in [0.2, 0.25) is 0 Å². The molecule has 0 radical (unpaired) electrons. The Kier molecular flexibility index (Phi) is 4.12. The van der Waals surface area contributed by atoms with Crippen LogP contribution in [-0.2, 0) is 0 Å². The molecular weight excluding hydrogens is 294 g/mol. The van der Waals surface area contributed by atoms with Crippen molar-refractivity contribution in [3.05, 3.63) is 16.2 Å². The summed E-state index contributed by atoms with van der Waals surface area (Å²) < 4.78 is 0.984. The fourth-order valence-corrected chi connectivity index (χ4v) is 2.97. The lowest BCUT2D eigenvalue weighted by molar-refractivity contribution is 0.109. The molecular formula is C13H20BrN3O. The van der Waals surface area contributed by atoms with Gasteiger partial charge in [-0.2, -0.15) is 0 Å². The van der Waals surface area contributed by atoms with Crippen molar-refractivity contribution >= 4 is 27.4 Å². The predicted octanol–water partition coefficient (Wildman–Crippen LogP) is 2.33. The van der Waals surface area contributed by atoms with Crippen LogP contribution >= 0.6 is 15.9 Å². The van der Waals surface area contributed by atoms with E-state index in [1.165, 1.54) is 0 Å². The normalized spacial score (nSPS) is 19.0. The number of aliphatic hydroxyl groups is 1. The predicted molar refractivity (Wildman–Crippen MR) is 77.7 cm³/mol. The first-order valence-corrected chi connectivity index (χ1v) is 7.13. The Morgan fingerprint density at radius 2 is 2.11 bits per heavy atom. The maximum Gasteiger partial charge on any atom is 0.143 e. The van der Waals surface area contributed by atoms with Crippen molar-refractivity contribution in [2.24, 2.45) is 5.92 Å². The van der Waals surface area contributed by atoms with E-state index in [2.05, 4.69) is 25.8 Å². The molecule has 18 heavy (non-hydrogen) atoms. The number of rotatable bonds is 2. The lowest BCUT2D eigenvalue weighted by atomic mass is 9.92. The molecule has 1 aromatic heterocycles. The molecule has 1 fully saturated rings. The van der Waals surface area contributed by atoms with E-state index in [4.69, 9.17) is 5.73 Å². The number of nitrogens with zero attached hydrogens (tertiary/aromatic N) is 2. The van der Waals surface area contributed by atoms with Crippen LogP contribution in [0.1, 0.15) is 25.3 Å². The van der Waals surface area contributed by atoms with Gasteiger partial charge >= 0.3 is 0 Å². The summed E-state index contributed by atoms with van der Waals surface area (Å²) >= 11 is 3.58. The Morgan fingerprint density at radius 1 is 1.50 bits per heavy atom. The first kappa shape index (κ1) is 13.6. The number of nitrogens with two attached hydrogens (primary N) is 1. The molecule has 1 aliphatic heterocycles. The maximum atomic E-state index is 9.61. The van der Waals surface area contributed by atoms with E-state index in [0.717, 1.165) is 41.8 Å². The molecule has 0 spiro atoms. The molecule has 0 saturated carbocycles. The van der Waals surface area contributed by atoms with E-state index >= 15 is 0 Å². The van der Waals surface area contributed by atoms with Crippen molar-refractivity contribution in [2.75, 3.05) is 23.7 Å². The van der Waals surface area contributed by atoms with Gasteiger partial charge in [0.2, 0.25) is 0 Å². The fraction of sp³-hybridized carbons (Fsp3) is 0.615. The number of halogens is 1. The Bertz CT molecular complexity index is 428. The average Bonchev–Trinajstić information content (AvgIpc) is 2.36. The summed E-state index contributed by atoms with van der Waals surface area (Å²) in [5.74, 6) is 1.38. The number of pyridine rings is 1. The van der Waals surface area contributed by atoms with Crippen LogP contribution < -0.4 is 10.6 Å². The number of aliphatic hydroxyl groups excluding tert-OH is 1. The zero-order chi connectivity index (χ0) is 13.3. The Balaban J connectivity index is 2.13. The van der Waals surface area contributed by atoms with Crippen LogP contribution in [0.3, 0.4) is 0 Å². The maximum absolute atomic E-state index is 9.61. The molecule has 1 aliphatic rings. The smallest absolute Gasteiger partial charge is 0.143 e. The van der Waals surface area contributed by atoms with Crippen molar-refractivity contribution in [3.8, 4) is 0 Å². The van der Waals surface area contributed by atoms with Gasteiger partial charge in [0.15, 0.2) is 0 Å². The van der Waals surface area contributed by atoms with E-state index in [1.807, 2.05) is 13.8 Å². The summed E-state index contributed by atoms with van der Waals surface area (Å²) in [7, 11) is 0. The number of anilines is 2. The van der Waals surface area contributed by atoms with Gasteiger partial charge in [0.25, 0.3) is 0 Å². The Labute approximate surface area is 116 Å². The first-order chi connectivity index (χ1) is 8.50. The van der Waals surface area contributed by atoms with Crippen LogP contribution in [0.4, 0.5) is 11.5 Å². The molecule has 0 aliphatic carbocycles. The molecule has 2 rings (SSSR count). The monoisotopic (exact) mass is 313 g/mol. The van der Waals surface area contributed by atoms with Crippen molar-refractivity contribution in [2.45, 2.75) is 32.8 Å². The van der Waals surface area contributed by atoms with E-state index in [9.17, 15) is 5.11 Å². The van der Waals surface area contributed by atoms with E-state index in [-0.39, 0.29) is 6.10 Å². The van der Waals surface area contributed by atoms with Gasteiger partial charge < -0.3 is 15.7 Å². The zero-order valence-corrected chi connectivity index (χ0v) is 12.4. The molecule has 100 valence electrons. The summed E-state index contributed by atoms with van der Waals surface area (Å²) in [4.78, 5) is 6.68. The second-order valence-corrected chi connectivity index (χ2v) is 5.83. The Morgan fingerprint density at radius 3 is 2.67 bits per heavy atom. The van der Waals surface area contributed by atoms with Gasteiger partial charge in [-0.25, -0.2) is 4.98 Å². The van der Waals surface area contributed by atoms with E-state index in [1.54, 1.807) is 6.20 Å². The van der Waals surface area contributed by atoms with Crippen LogP contribution in [-0.4, -0.2) is 29.3 Å². The molecule has 2 heterocycles. The lowest BCUT2D eigenvalue weighted by Crippen LogP contribution is -2.37. The molecule has 0 bridgehead atoms. The molecule has 4 nitrogen and oxygen atoms in total. The third-order valence-corrected chi connectivity index (χ3v) is 4.76. The van der Waals surface area contributed by atoms with Gasteiger partial charge in [0, 0.05) is 13.1 Å². The zero-order valence-electron chi connectivity index (χ0n) is 10.9. The summed E-state index contributed by atoms with van der Waals surface area (Å²) in [5.41, 5.74) is 7.59. The summed E-state index contributed by atoms with van der Waals surface area (Å²) in [6, 6.07) is 0. The standard InChI is InChI=1S/C13H20BrN3O/c1-8-11(15)7-16-13(12(8)14)17-5-3-10(4-6-17)9(2)18/h7,9-10,18H,3-6,15H2,1-2H3. The van der Waals surface area contributed by atoms with Gasteiger partial charge in [-0.15, -0.1) is 0 Å². The second-order valence-electron chi connectivity index (χ2n) is 5.04. The highest BCUT2D eigenvalue weighted by molar-refractivity contribution is 9.10. The van der Waals surface area contributed by atoms with Crippen molar-refractivity contribution in [3.63, 3.8) is 0 Å². The highest BCUT2D eigenvalue weighted by atomic mass is 79.9. The van der Waals surface area contributed by atoms with Gasteiger partial charge in [-0.05, 0) is 54.1 Å². The highest BCUT2D eigenvalue weighted by Crippen LogP contribution is 2.33. The third-order valence-electron chi connectivity index (χ3n) is 3.81. The van der Waals surface area contributed by atoms with Crippen LogP contribution in [0, 0.1) is 12.8 Å². The minimum Gasteiger partial charge on any atom is -0.397 e. The summed E-state index contributed by atoms with van der Waals surface area (Å²) in [5, 5.41) is 9.61. The largest absolute Gasteiger partial charge is 0.397 e. The Hall–Kier alpha value is -0.810. The van der Waals surface area contributed by atoms with Gasteiger partial charge in [-0.3, -0.25) is 0 Å². The second kappa shape index (κ2) is 5.45. The minimum atomic E-state index is -0.211. The third kappa shape index (κ3) is 2.62. The topological polar surface area (TPSA) is 62.4 Å². The molecule has 3 N–H and O–H groups in total. The molecule has 1 unspecified atom stereocenters. The lowest BCUT2D eigenvalue weighted by Gasteiger charge is -2.34. The van der Waals surface area contributed by atoms with Crippen LogP contribution in [0.25, 0.3) is 0 Å². The molecule has 1 saturated heterocycles. The molecule has 0 amide bonds. The highest BCUT2D eigenvalue weighted by Gasteiger charge is 2.24. The van der Waals surface area contributed by atoms with Gasteiger partial charge in [-0.1, -0.05) is 0 Å². The quantitative estimate of drug-likeness (QED) is 0.879. The van der Waals surface area contributed by atoms with Crippen molar-refractivity contribution in [1.29, 1.82) is 0 Å². The number of hydrogen-bond donors (Lipinski definition) is 2. The van der Waals surface area contributed by atoms with Crippen LogP contribution in [0.15, 0.2) is 10.7 Å². The number of nitrogen functional groups attached to an aromatic ring is 1. The fourth-order valence-electron chi connectivity index (χ4n) is 2.39.